The van der Waals surface area contributed by atoms with Crippen molar-refractivity contribution in [3.8, 4) is 11.6 Å². The van der Waals surface area contributed by atoms with Crippen LogP contribution in [0.4, 0.5) is 0 Å². The number of benzene rings is 2. The van der Waals surface area contributed by atoms with Crippen LogP contribution in [-0.4, -0.2) is 4.98 Å². The van der Waals surface area contributed by atoms with Crippen molar-refractivity contribution in [2.75, 3.05) is 0 Å². The van der Waals surface area contributed by atoms with Gasteiger partial charge < -0.3 is 10.5 Å². The van der Waals surface area contributed by atoms with E-state index < -0.39 is 0 Å². The third kappa shape index (κ3) is 2.49. The van der Waals surface area contributed by atoms with Crippen molar-refractivity contribution < 1.29 is 4.74 Å². The highest BCUT2D eigenvalue weighted by Gasteiger charge is 2.07. The van der Waals surface area contributed by atoms with Gasteiger partial charge in [-0.3, -0.25) is 0 Å². The predicted octanol–water partition coefficient (Wildman–Crippen LogP) is 3.79. The molecule has 20 heavy (non-hydrogen) atoms. The van der Waals surface area contributed by atoms with Crippen molar-refractivity contribution in [2.24, 2.45) is 5.73 Å². The van der Waals surface area contributed by atoms with E-state index >= 15 is 0 Å². The van der Waals surface area contributed by atoms with Gasteiger partial charge in [0.15, 0.2) is 0 Å². The molecule has 2 aromatic carbocycles. The Bertz CT molecular complexity index is 736. The van der Waals surface area contributed by atoms with Crippen molar-refractivity contribution in [2.45, 2.75) is 13.5 Å². The Hall–Kier alpha value is -2.39. The highest BCUT2D eigenvalue weighted by Crippen LogP contribution is 2.28. The lowest BCUT2D eigenvalue weighted by atomic mass is 10.1. The molecule has 0 radical (unpaired) electrons. The number of hydrogen-bond donors (Lipinski definition) is 1. The van der Waals surface area contributed by atoms with Crippen LogP contribution in [0.2, 0.25) is 0 Å². The lowest BCUT2D eigenvalue weighted by molar-refractivity contribution is 0.467. The van der Waals surface area contributed by atoms with Crippen LogP contribution in [-0.2, 0) is 6.54 Å². The van der Waals surface area contributed by atoms with Crippen LogP contribution >= 0.6 is 0 Å². The number of aromatic nitrogens is 1. The van der Waals surface area contributed by atoms with Crippen LogP contribution in [0, 0.1) is 6.92 Å². The molecule has 3 nitrogen and oxygen atoms in total. The Morgan fingerprint density at radius 2 is 1.80 bits per heavy atom. The van der Waals surface area contributed by atoms with Crippen LogP contribution in [0.25, 0.3) is 10.8 Å². The molecule has 0 saturated heterocycles. The zero-order valence-electron chi connectivity index (χ0n) is 11.3. The molecule has 0 fully saturated rings. The highest BCUT2D eigenvalue weighted by atomic mass is 16.5. The molecule has 0 atom stereocenters. The van der Waals surface area contributed by atoms with Crippen molar-refractivity contribution in [1.82, 2.24) is 4.98 Å². The minimum atomic E-state index is 0.398. The molecule has 0 saturated carbocycles. The van der Waals surface area contributed by atoms with Gasteiger partial charge in [0.1, 0.15) is 5.75 Å². The molecule has 0 spiro atoms. The molecule has 1 aromatic heterocycles. The molecule has 0 unspecified atom stereocenters. The Labute approximate surface area is 118 Å². The van der Waals surface area contributed by atoms with Gasteiger partial charge in [0.25, 0.3) is 0 Å². The average molecular weight is 264 g/mol. The Balaban J connectivity index is 2.07. The van der Waals surface area contributed by atoms with E-state index in [2.05, 4.69) is 4.98 Å². The highest BCUT2D eigenvalue weighted by molar-refractivity contribution is 5.87. The second kappa shape index (κ2) is 5.31. The van der Waals surface area contributed by atoms with Gasteiger partial charge in [-0.15, -0.1) is 0 Å². The molecule has 3 heteroatoms. The SMILES string of the molecule is Cc1ccc(Oc2nc(CN)cc3ccccc23)cc1. The molecule has 0 bridgehead atoms. The number of aryl methyl sites for hydroxylation is 1. The monoisotopic (exact) mass is 264 g/mol. The lowest BCUT2D eigenvalue weighted by Gasteiger charge is -2.10. The number of ether oxygens (including phenoxy) is 1. The van der Waals surface area contributed by atoms with Gasteiger partial charge >= 0.3 is 0 Å². The number of pyridine rings is 1. The van der Waals surface area contributed by atoms with E-state index in [0.717, 1.165) is 22.2 Å². The first-order chi connectivity index (χ1) is 9.76. The topological polar surface area (TPSA) is 48.1 Å². The third-order valence-corrected chi connectivity index (χ3v) is 3.20. The van der Waals surface area contributed by atoms with Crippen LogP contribution in [0.1, 0.15) is 11.3 Å². The van der Waals surface area contributed by atoms with Gasteiger partial charge in [-0.05, 0) is 36.6 Å². The summed E-state index contributed by atoms with van der Waals surface area (Å²) in [6.45, 7) is 2.45. The smallest absolute Gasteiger partial charge is 0.227 e. The van der Waals surface area contributed by atoms with Gasteiger partial charge in [0.05, 0.1) is 5.69 Å². The van der Waals surface area contributed by atoms with Gasteiger partial charge in [0.2, 0.25) is 5.88 Å². The van der Waals surface area contributed by atoms with E-state index in [1.165, 1.54) is 5.56 Å². The summed E-state index contributed by atoms with van der Waals surface area (Å²) in [7, 11) is 0. The summed E-state index contributed by atoms with van der Waals surface area (Å²) in [5.74, 6) is 1.38. The molecule has 0 amide bonds. The van der Waals surface area contributed by atoms with E-state index in [1.54, 1.807) is 0 Å². The molecule has 3 aromatic rings. The fourth-order valence-electron chi connectivity index (χ4n) is 2.12. The summed E-state index contributed by atoms with van der Waals surface area (Å²) < 4.78 is 5.92. The number of rotatable bonds is 3. The van der Waals surface area contributed by atoms with Gasteiger partial charge in [-0.1, -0.05) is 35.9 Å². The van der Waals surface area contributed by atoms with Crippen molar-refractivity contribution in [3.05, 3.63) is 65.9 Å². The number of fused-ring (bicyclic) bond motifs is 1. The van der Waals surface area contributed by atoms with Crippen LogP contribution < -0.4 is 10.5 Å². The first-order valence-corrected chi connectivity index (χ1v) is 6.59. The standard InChI is InChI=1S/C17H16N2O/c1-12-6-8-15(9-7-12)20-17-16-5-3-2-4-13(16)10-14(11-18)19-17/h2-10H,11,18H2,1H3. The predicted molar refractivity (Wildman–Crippen MR) is 80.9 cm³/mol. The molecule has 0 aliphatic carbocycles. The molecule has 0 aliphatic heterocycles. The van der Waals surface area contributed by atoms with E-state index in [4.69, 9.17) is 10.5 Å². The van der Waals surface area contributed by atoms with Crippen molar-refractivity contribution in [1.29, 1.82) is 0 Å². The minimum Gasteiger partial charge on any atom is -0.438 e. The molecular formula is C17H16N2O. The Morgan fingerprint density at radius 3 is 2.55 bits per heavy atom. The summed E-state index contributed by atoms with van der Waals surface area (Å²) >= 11 is 0. The normalized spacial score (nSPS) is 10.7. The van der Waals surface area contributed by atoms with E-state index in [9.17, 15) is 0 Å². The summed E-state index contributed by atoms with van der Waals surface area (Å²) in [5.41, 5.74) is 7.73. The number of nitrogens with zero attached hydrogens (tertiary/aromatic N) is 1. The number of nitrogens with two attached hydrogens (primary N) is 1. The lowest BCUT2D eigenvalue weighted by Crippen LogP contribution is -2.01. The Kier molecular flexibility index (Phi) is 3.35. The first-order valence-electron chi connectivity index (χ1n) is 6.59. The molecule has 100 valence electrons. The second-order valence-corrected chi connectivity index (χ2v) is 4.76. The fourth-order valence-corrected chi connectivity index (χ4v) is 2.12. The third-order valence-electron chi connectivity index (χ3n) is 3.20. The van der Waals surface area contributed by atoms with Gasteiger partial charge in [-0.25, -0.2) is 4.98 Å². The summed E-state index contributed by atoms with van der Waals surface area (Å²) in [5, 5.41) is 2.08. The maximum absolute atomic E-state index is 5.92. The largest absolute Gasteiger partial charge is 0.438 e. The van der Waals surface area contributed by atoms with Crippen LogP contribution in [0.3, 0.4) is 0 Å². The maximum Gasteiger partial charge on any atom is 0.227 e. The zero-order valence-corrected chi connectivity index (χ0v) is 11.3. The molecule has 2 N–H and O–H groups in total. The minimum absolute atomic E-state index is 0.398. The quantitative estimate of drug-likeness (QED) is 0.782. The average Bonchev–Trinajstić information content (AvgIpc) is 2.49. The summed E-state index contributed by atoms with van der Waals surface area (Å²) in [6, 6.07) is 17.9. The van der Waals surface area contributed by atoms with E-state index in [0.29, 0.717) is 12.4 Å². The summed E-state index contributed by atoms with van der Waals surface area (Å²) in [4.78, 5) is 4.49. The molecule has 0 aliphatic rings. The number of hydrogen-bond acceptors (Lipinski definition) is 3. The summed E-state index contributed by atoms with van der Waals surface area (Å²) in [6.07, 6.45) is 0. The maximum atomic E-state index is 5.92. The van der Waals surface area contributed by atoms with Gasteiger partial charge in [-0.2, -0.15) is 0 Å². The molecule has 3 rings (SSSR count). The van der Waals surface area contributed by atoms with Crippen LogP contribution in [0.15, 0.2) is 54.6 Å². The van der Waals surface area contributed by atoms with Gasteiger partial charge in [0, 0.05) is 11.9 Å². The first kappa shape index (κ1) is 12.6. The zero-order chi connectivity index (χ0) is 13.9. The Morgan fingerprint density at radius 1 is 1.05 bits per heavy atom. The molecule has 1 heterocycles. The molecular weight excluding hydrogens is 248 g/mol. The van der Waals surface area contributed by atoms with E-state index in [1.807, 2.05) is 61.5 Å². The van der Waals surface area contributed by atoms with Crippen molar-refractivity contribution in [3.63, 3.8) is 0 Å². The van der Waals surface area contributed by atoms with E-state index in [-0.39, 0.29) is 0 Å². The fraction of sp³-hybridized carbons (Fsp3) is 0.118. The van der Waals surface area contributed by atoms with Crippen LogP contribution in [0.5, 0.6) is 11.6 Å². The van der Waals surface area contributed by atoms with Crippen molar-refractivity contribution >= 4 is 10.8 Å². The second-order valence-electron chi connectivity index (χ2n) is 4.76.